The molecule has 0 aromatic rings. The van der Waals surface area contributed by atoms with Crippen LogP contribution in [0.3, 0.4) is 0 Å². The molecule has 0 bridgehead atoms. The molecule has 0 spiro atoms. The van der Waals surface area contributed by atoms with Gasteiger partial charge < -0.3 is 0 Å². The first-order valence-electron chi connectivity index (χ1n) is 8.94. The fourth-order valence-corrected chi connectivity index (χ4v) is 7.45. The summed E-state index contributed by atoms with van der Waals surface area (Å²) < 4.78 is 14.9. The van der Waals surface area contributed by atoms with Gasteiger partial charge in [0.15, 0.2) is 0 Å². The van der Waals surface area contributed by atoms with Crippen LogP contribution in [0.4, 0.5) is 0 Å². The first-order valence-corrected chi connectivity index (χ1v) is 12.8. The van der Waals surface area contributed by atoms with Crippen molar-refractivity contribution >= 4 is 32.2 Å². The fourth-order valence-electron chi connectivity index (χ4n) is 4.43. The first-order chi connectivity index (χ1) is 11.0. The molecule has 2 aliphatic carbocycles. The van der Waals surface area contributed by atoms with Crippen LogP contribution in [0.2, 0.25) is 0 Å². The number of halogens is 2. The van der Waals surface area contributed by atoms with Crippen LogP contribution >= 0.6 is 32.2 Å². The third-order valence-corrected chi connectivity index (χ3v) is 9.11. The second-order valence-electron chi connectivity index (χ2n) is 7.25. The summed E-state index contributed by atoms with van der Waals surface area (Å²) in [5, 5.41) is 0.351. The summed E-state index contributed by atoms with van der Waals surface area (Å²) in [6.07, 6.45) is 11.4. The molecule has 0 aromatic carbocycles. The van der Waals surface area contributed by atoms with Crippen LogP contribution in [0, 0.1) is 11.8 Å². The van der Waals surface area contributed by atoms with E-state index in [0.717, 1.165) is 12.8 Å². The van der Waals surface area contributed by atoms with E-state index in [-0.39, 0.29) is 12.1 Å². The van der Waals surface area contributed by atoms with E-state index in [1.807, 2.05) is 6.08 Å². The quantitative estimate of drug-likeness (QED) is 0.246. The molecule has 0 aromatic heterocycles. The molecule has 0 saturated heterocycles. The molecule has 4 nitrogen and oxygen atoms in total. The molecule has 0 radical (unpaired) electrons. The molecule has 6 heteroatoms. The minimum absolute atomic E-state index is 0.242. The summed E-state index contributed by atoms with van der Waals surface area (Å²) in [6.45, 7) is 6.11. The monoisotopic (exact) mass is 456 g/mol. The van der Waals surface area contributed by atoms with Gasteiger partial charge in [0.25, 0.3) is 0 Å². The summed E-state index contributed by atoms with van der Waals surface area (Å²) in [5.41, 5.74) is 6.78. The van der Waals surface area contributed by atoms with E-state index in [0.29, 0.717) is 23.3 Å². The van der Waals surface area contributed by atoms with Crippen molar-refractivity contribution in [3.05, 3.63) is 12.7 Å². The third-order valence-electron chi connectivity index (χ3n) is 5.79. The van der Waals surface area contributed by atoms with Crippen LogP contribution in [0.15, 0.2) is 12.7 Å². The van der Waals surface area contributed by atoms with Crippen molar-refractivity contribution in [3.8, 4) is 0 Å². The third kappa shape index (κ3) is 5.05. The fraction of sp³-hybridized carbons (Fsp3) is 0.882. The van der Waals surface area contributed by atoms with Crippen LogP contribution in [0.1, 0.15) is 58.3 Å². The van der Waals surface area contributed by atoms with Crippen molar-refractivity contribution in [2.75, 3.05) is 0 Å². The molecule has 4 atom stereocenters. The average Bonchev–Trinajstić information content (AvgIpc) is 2.55. The first kappa shape index (κ1) is 19.9. The summed E-state index contributed by atoms with van der Waals surface area (Å²) in [5.74, 6) is 1.12. The number of alkyl halides is 1. The molecular formula is C17H34ClIN4. The number of nitrogens with two attached hydrogens (primary N) is 3. The molecule has 136 valence electrons. The van der Waals surface area contributed by atoms with Gasteiger partial charge in [-0.25, -0.2) is 0 Å². The maximum absolute atomic E-state index is 6.78. The van der Waals surface area contributed by atoms with Gasteiger partial charge in [0.05, 0.1) is 0 Å². The van der Waals surface area contributed by atoms with Gasteiger partial charge in [-0.05, 0) is 0 Å². The van der Waals surface area contributed by atoms with Crippen LogP contribution < -0.4 is 13.6 Å². The van der Waals surface area contributed by atoms with E-state index in [1.54, 1.807) is 0 Å². The van der Waals surface area contributed by atoms with Gasteiger partial charge in [0.1, 0.15) is 0 Å². The normalized spacial score (nSPS) is 35.7. The van der Waals surface area contributed by atoms with Crippen LogP contribution in [0.25, 0.3) is 0 Å². The Hall–Kier alpha value is 0.600. The van der Waals surface area contributed by atoms with E-state index in [1.165, 1.54) is 38.5 Å². The van der Waals surface area contributed by atoms with Crippen molar-refractivity contribution in [3.63, 3.8) is 0 Å². The minimum atomic E-state index is -2.06. The zero-order valence-corrected chi connectivity index (χ0v) is 17.3. The summed E-state index contributed by atoms with van der Waals surface area (Å²) >= 11 is 4.20. The maximum atomic E-state index is 6.78. The van der Waals surface area contributed by atoms with E-state index >= 15 is 0 Å². The Balaban J connectivity index is 2.11. The number of nitrogens with zero attached hydrogens (tertiary/aromatic N) is 1. The van der Waals surface area contributed by atoms with Crippen molar-refractivity contribution in [2.45, 2.75) is 81.8 Å². The second-order valence-corrected chi connectivity index (χ2v) is 10.8. The molecule has 2 saturated carbocycles. The number of hydrogen-bond donors (Lipinski definition) is 3. The molecule has 2 aliphatic rings. The van der Waals surface area contributed by atoms with Crippen molar-refractivity contribution < 1.29 is 0 Å². The molecule has 4 unspecified atom stereocenters. The Morgan fingerprint density at radius 1 is 1.13 bits per heavy atom. The van der Waals surface area contributed by atoms with Gasteiger partial charge in [-0.15, -0.1) is 0 Å². The zero-order chi connectivity index (χ0) is 17.0. The SMILES string of the molecule is C=CC(C)N(C1CCCCC1C(N)C1CCC(Cl)CC1)I(N)N. The molecule has 6 N–H and O–H groups in total. The van der Waals surface area contributed by atoms with Crippen LogP contribution in [0.5, 0.6) is 0 Å². The van der Waals surface area contributed by atoms with Gasteiger partial charge in [0.2, 0.25) is 0 Å². The molecule has 0 heterocycles. The summed E-state index contributed by atoms with van der Waals surface area (Å²) in [6, 6.07) is 0.923. The van der Waals surface area contributed by atoms with E-state index in [2.05, 4.69) is 16.6 Å². The summed E-state index contributed by atoms with van der Waals surface area (Å²) in [7, 11) is 0. The average molecular weight is 457 g/mol. The molecule has 0 amide bonds. The Bertz CT molecular complexity index is 374. The Kier molecular flexibility index (Phi) is 8.09. The van der Waals surface area contributed by atoms with E-state index in [9.17, 15) is 0 Å². The van der Waals surface area contributed by atoms with Crippen LogP contribution in [-0.2, 0) is 0 Å². The topological polar surface area (TPSA) is 81.3 Å². The van der Waals surface area contributed by atoms with Crippen molar-refractivity contribution in [1.82, 2.24) is 3.11 Å². The van der Waals surface area contributed by atoms with Gasteiger partial charge in [-0.3, -0.25) is 0 Å². The summed E-state index contributed by atoms with van der Waals surface area (Å²) in [4.78, 5) is 0. The number of hydrogen-bond acceptors (Lipinski definition) is 4. The van der Waals surface area contributed by atoms with Crippen molar-refractivity contribution in [1.29, 1.82) is 0 Å². The van der Waals surface area contributed by atoms with Gasteiger partial charge in [0, 0.05) is 0 Å². The predicted octanol–water partition coefficient (Wildman–Crippen LogP) is 3.72. The van der Waals surface area contributed by atoms with Gasteiger partial charge in [-0.1, -0.05) is 0 Å². The molecule has 2 fully saturated rings. The van der Waals surface area contributed by atoms with E-state index in [4.69, 9.17) is 25.2 Å². The molecule has 0 aliphatic heterocycles. The Morgan fingerprint density at radius 2 is 1.74 bits per heavy atom. The van der Waals surface area contributed by atoms with Gasteiger partial charge in [-0.2, -0.15) is 0 Å². The standard InChI is InChI=1S/C17H34ClIN4/c1-3-12(2)23(19(21)22)16-7-5-4-6-15(16)17(20)13-8-10-14(18)11-9-13/h3,12-17H,1,4-11,20-22H2,2H3. The molecule has 2 rings (SSSR count). The Morgan fingerprint density at radius 3 is 2.30 bits per heavy atom. The Labute approximate surface area is 155 Å². The second kappa shape index (κ2) is 9.34. The number of rotatable bonds is 6. The van der Waals surface area contributed by atoms with Gasteiger partial charge >= 0.3 is 155 Å². The molecule has 23 heavy (non-hydrogen) atoms. The van der Waals surface area contributed by atoms with Crippen LogP contribution in [-0.4, -0.2) is 26.6 Å². The predicted molar refractivity (Wildman–Crippen MR) is 109 cm³/mol. The van der Waals surface area contributed by atoms with Crippen molar-refractivity contribution in [2.24, 2.45) is 25.5 Å². The zero-order valence-electron chi connectivity index (χ0n) is 14.3. The van der Waals surface area contributed by atoms with E-state index < -0.39 is 20.6 Å². The molecular weight excluding hydrogens is 423 g/mol.